The van der Waals surface area contributed by atoms with Gasteiger partial charge in [-0.25, -0.2) is 0 Å². The number of carbonyl (C=O) groups is 2. The smallest absolute Gasteiger partial charge is 0.308 e. The minimum Gasteiger partial charge on any atom is -0.481 e. The number of hydrogen-bond acceptors (Lipinski definition) is 2. The van der Waals surface area contributed by atoms with Gasteiger partial charge < -0.3 is 10.4 Å². The normalized spacial score (nSPS) is 25.1. The maximum atomic E-state index is 12.1. The lowest BCUT2D eigenvalue weighted by Crippen LogP contribution is -2.35. The van der Waals surface area contributed by atoms with Crippen molar-refractivity contribution in [2.45, 2.75) is 33.1 Å². The predicted octanol–water partition coefficient (Wildman–Crippen LogP) is 2.48. The third-order valence-electron chi connectivity index (χ3n) is 4.67. The van der Waals surface area contributed by atoms with Gasteiger partial charge in [0.25, 0.3) is 0 Å². The third kappa shape index (κ3) is 3.84. The molecule has 1 saturated carbocycles. The number of rotatable bonds is 7. The van der Waals surface area contributed by atoms with Crippen molar-refractivity contribution in [3.05, 3.63) is 35.9 Å². The summed E-state index contributed by atoms with van der Waals surface area (Å²) < 4.78 is 0. The van der Waals surface area contributed by atoms with Crippen LogP contribution in [0.15, 0.2) is 30.3 Å². The monoisotopic (exact) mass is 289 g/mol. The molecule has 4 nitrogen and oxygen atoms in total. The summed E-state index contributed by atoms with van der Waals surface area (Å²) in [6, 6.07) is 9.51. The van der Waals surface area contributed by atoms with Crippen LogP contribution < -0.4 is 5.32 Å². The molecule has 1 aromatic carbocycles. The van der Waals surface area contributed by atoms with Crippen molar-refractivity contribution in [3.8, 4) is 0 Å². The molecule has 2 rings (SSSR count). The van der Waals surface area contributed by atoms with Gasteiger partial charge in [0.15, 0.2) is 0 Å². The number of carbonyl (C=O) groups excluding carboxylic acids is 1. The summed E-state index contributed by atoms with van der Waals surface area (Å²) in [6.45, 7) is 4.39. The summed E-state index contributed by atoms with van der Waals surface area (Å²) in [5.74, 6) is -1.40. The van der Waals surface area contributed by atoms with E-state index in [0.29, 0.717) is 6.42 Å². The van der Waals surface area contributed by atoms with Gasteiger partial charge >= 0.3 is 5.97 Å². The van der Waals surface area contributed by atoms with E-state index in [1.165, 1.54) is 0 Å². The highest BCUT2D eigenvalue weighted by Gasteiger charge is 2.52. The van der Waals surface area contributed by atoms with E-state index in [1.54, 1.807) is 0 Å². The van der Waals surface area contributed by atoms with Crippen LogP contribution in [0.5, 0.6) is 0 Å². The lowest BCUT2D eigenvalue weighted by Gasteiger charge is -2.14. The summed E-state index contributed by atoms with van der Waals surface area (Å²) in [5, 5.41) is 12.1. The maximum Gasteiger partial charge on any atom is 0.308 e. The molecule has 1 aliphatic carbocycles. The molecule has 1 aromatic rings. The second-order valence-electron chi connectivity index (χ2n) is 6.23. The van der Waals surface area contributed by atoms with Gasteiger partial charge in [0.1, 0.15) is 0 Å². The fourth-order valence-electron chi connectivity index (χ4n) is 2.70. The van der Waals surface area contributed by atoms with Crippen LogP contribution >= 0.6 is 0 Å². The fourth-order valence-corrected chi connectivity index (χ4v) is 2.70. The Morgan fingerprint density at radius 3 is 2.57 bits per heavy atom. The zero-order valence-electron chi connectivity index (χ0n) is 12.6. The van der Waals surface area contributed by atoms with Crippen LogP contribution in [-0.4, -0.2) is 23.5 Å². The molecule has 3 unspecified atom stereocenters. The summed E-state index contributed by atoms with van der Waals surface area (Å²) in [5.41, 5.74) is 1.09. The molecule has 0 bridgehead atoms. The average Bonchev–Trinajstić information content (AvgIpc) is 3.17. The first-order valence-electron chi connectivity index (χ1n) is 7.50. The molecular formula is C17H23NO3. The summed E-state index contributed by atoms with van der Waals surface area (Å²) in [4.78, 5) is 23.4. The molecule has 2 N–H and O–H groups in total. The Labute approximate surface area is 125 Å². The fraction of sp³-hybridized carbons (Fsp3) is 0.529. The van der Waals surface area contributed by atoms with Gasteiger partial charge in [-0.05, 0) is 30.2 Å². The van der Waals surface area contributed by atoms with Crippen molar-refractivity contribution in [3.63, 3.8) is 0 Å². The topological polar surface area (TPSA) is 66.4 Å². The van der Waals surface area contributed by atoms with Crippen molar-refractivity contribution < 1.29 is 14.7 Å². The molecule has 0 heterocycles. The number of aliphatic carboxylic acids is 1. The van der Waals surface area contributed by atoms with Crippen LogP contribution in [0.3, 0.4) is 0 Å². The molecule has 0 aliphatic heterocycles. The first-order valence-corrected chi connectivity index (χ1v) is 7.50. The van der Waals surface area contributed by atoms with E-state index in [1.807, 2.05) is 30.3 Å². The zero-order valence-corrected chi connectivity index (χ0v) is 12.6. The molecule has 1 amide bonds. The first kappa shape index (κ1) is 15.5. The van der Waals surface area contributed by atoms with Crippen molar-refractivity contribution >= 4 is 11.9 Å². The highest BCUT2D eigenvalue weighted by Crippen LogP contribution is 2.54. The van der Waals surface area contributed by atoms with Gasteiger partial charge in [-0.1, -0.05) is 44.2 Å². The van der Waals surface area contributed by atoms with E-state index in [9.17, 15) is 14.7 Å². The van der Waals surface area contributed by atoms with E-state index in [-0.39, 0.29) is 23.8 Å². The Morgan fingerprint density at radius 1 is 1.38 bits per heavy atom. The van der Waals surface area contributed by atoms with Gasteiger partial charge in [-0.3, -0.25) is 9.59 Å². The number of nitrogens with one attached hydrogen (secondary N) is 1. The number of hydrogen-bond donors (Lipinski definition) is 2. The largest absolute Gasteiger partial charge is 0.481 e. The van der Waals surface area contributed by atoms with Crippen molar-refractivity contribution in [2.24, 2.45) is 17.3 Å². The molecule has 1 aliphatic rings. The molecule has 4 heteroatoms. The number of carboxylic acid groups (broad SMARTS) is 1. The SMILES string of the molecule is CCC1(C)CC1C(=O)NCC(Cc1ccccc1)C(=O)O. The van der Waals surface area contributed by atoms with Crippen molar-refractivity contribution in [2.75, 3.05) is 6.54 Å². The van der Waals surface area contributed by atoms with Crippen molar-refractivity contribution in [1.29, 1.82) is 0 Å². The Morgan fingerprint density at radius 2 is 2.05 bits per heavy atom. The zero-order chi connectivity index (χ0) is 15.5. The highest BCUT2D eigenvalue weighted by molar-refractivity contribution is 5.83. The lowest BCUT2D eigenvalue weighted by molar-refractivity contribution is -0.141. The van der Waals surface area contributed by atoms with E-state index >= 15 is 0 Å². The highest BCUT2D eigenvalue weighted by atomic mass is 16.4. The van der Waals surface area contributed by atoms with Crippen LogP contribution in [0.25, 0.3) is 0 Å². The minimum atomic E-state index is -0.867. The first-order chi connectivity index (χ1) is 9.96. The molecule has 0 saturated heterocycles. The Bertz CT molecular complexity index is 514. The standard InChI is InChI=1S/C17H23NO3/c1-3-17(2)10-14(17)15(19)18-11-13(16(20)21)9-12-7-5-4-6-8-12/h4-8,13-14H,3,9-11H2,1-2H3,(H,18,19)(H,20,21). The van der Waals surface area contributed by atoms with Crippen LogP contribution in [0, 0.1) is 17.3 Å². The van der Waals surface area contributed by atoms with Crippen molar-refractivity contribution in [1.82, 2.24) is 5.32 Å². The minimum absolute atomic E-state index is 0.00124. The van der Waals surface area contributed by atoms with Gasteiger partial charge in [0, 0.05) is 12.5 Å². The predicted molar refractivity (Wildman–Crippen MR) is 80.8 cm³/mol. The van der Waals surface area contributed by atoms with Gasteiger partial charge in [0.05, 0.1) is 5.92 Å². The summed E-state index contributed by atoms with van der Waals surface area (Å²) in [6.07, 6.45) is 2.33. The Hall–Kier alpha value is -1.84. The Kier molecular flexibility index (Phi) is 4.66. The van der Waals surface area contributed by atoms with Gasteiger partial charge in [0.2, 0.25) is 5.91 Å². The molecular weight excluding hydrogens is 266 g/mol. The average molecular weight is 289 g/mol. The quantitative estimate of drug-likeness (QED) is 0.810. The third-order valence-corrected chi connectivity index (χ3v) is 4.67. The van der Waals surface area contributed by atoms with Crippen LogP contribution in [-0.2, 0) is 16.0 Å². The number of amides is 1. The molecule has 0 aromatic heterocycles. The number of benzene rings is 1. The molecule has 1 fully saturated rings. The summed E-state index contributed by atoms with van der Waals surface area (Å²) >= 11 is 0. The molecule has 114 valence electrons. The van der Waals surface area contributed by atoms with Crippen LogP contribution in [0.1, 0.15) is 32.3 Å². The van der Waals surface area contributed by atoms with Gasteiger partial charge in [-0.2, -0.15) is 0 Å². The second kappa shape index (κ2) is 6.29. The van der Waals surface area contributed by atoms with Crippen LogP contribution in [0.2, 0.25) is 0 Å². The Balaban J connectivity index is 1.87. The molecule has 0 radical (unpaired) electrons. The summed E-state index contributed by atoms with van der Waals surface area (Å²) in [7, 11) is 0. The lowest BCUT2D eigenvalue weighted by atomic mass is 9.99. The second-order valence-corrected chi connectivity index (χ2v) is 6.23. The number of carboxylic acids is 1. The van der Waals surface area contributed by atoms with E-state index in [0.717, 1.165) is 18.4 Å². The maximum absolute atomic E-state index is 12.1. The van der Waals surface area contributed by atoms with E-state index < -0.39 is 11.9 Å². The molecule has 21 heavy (non-hydrogen) atoms. The van der Waals surface area contributed by atoms with E-state index in [2.05, 4.69) is 19.2 Å². The van der Waals surface area contributed by atoms with Gasteiger partial charge in [-0.15, -0.1) is 0 Å². The molecule has 0 spiro atoms. The molecule has 3 atom stereocenters. The van der Waals surface area contributed by atoms with Crippen LogP contribution in [0.4, 0.5) is 0 Å². The van der Waals surface area contributed by atoms with E-state index in [4.69, 9.17) is 0 Å².